The number of nitrogens with one attached hydrogen (secondary N) is 1. The maximum absolute atomic E-state index is 8.05. The molecule has 0 rings (SSSR count). The van der Waals surface area contributed by atoms with Crippen LogP contribution in [-0.4, -0.2) is 17.5 Å². The summed E-state index contributed by atoms with van der Waals surface area (Å²) in [4.78, 5) is 0. The van der Waals surface area contributed by atoms with Gasteiger partial charge in [0.15, 0.2) is 0 Å². The van der Waals surface area contributed by atoms with Gasteiger partial charge in [-0.05, 0) is 12.7 Å². The van der Waals surface area contributed by atoms with Crippen LogP contribution in [0.15, 0.2) is 0 Å². The minimum Gasteiger partial charge on any atom is -0.316 e. The van der Waals surface area contributed by atoms with Crippen LogP contribution in [0, 0.1) is 11.3 Å². The average Bonchev–Trinajstić information content (AvgIpc) is 1.96. The van der Waals surface area contributed by atoms with Gasteiger partial charge in [0, 0.05) is 32.7 Å². The van der Waals surface area contributed by atoms with Crippen molar-refractivity contribution in [2.24, 2.45) is 0 Å². The fraction of sp³-hybridized carbons (Fsp3) is 0.800. The van der Waals surface area contributed by atoms with E-state index in [-0.39, 0.29) is 32.7 Å². The van der Waals surface area contributed by atoms with Gasteiger partial charge < -0.3 is 5.21 Å². The summed E-state index contributed by atoms with van der Waals surface area (Å²) in [5.74, 6) is 0. The summed E-state index contributed by atoms with van der Waals surface area (Å²) < 4.78 is 0. The second-order valence-corrected chi connectivity index (χ2v) is 1.22. The first kappa shape index (κ1) is 17.1. The van der Waals surface area contributed by atoms with Crippen molar-refractivity contribution in [2.75, 3.05) is 6.26 Å². The zero-order valence-electron chi connectivity index (χ0n) is 6.20. The van der Waals surface area contributed by atoms with Crippen LogP contribution in [0.25, 0.3) is 0 Å². The number of nitriles is 1. The molecule has 1 atom stereocenters. The summed E-state index contributed by atoms with van der Waals surface area (Å²) in [6.07, 6.45) is 2.33. The predicted molar refractivity (Wildman–Crippen MR) is 39.5 cm³/mol. The molecule has 0 fully saturated rings. The van der Waals surface area contributed by atoms with E-state index in [1.807, 2.05) is 18.5 Å². The minimum absolute atomic E-state index is 0. The normalized spacial score (nSPS) is 9.50. The summed E-state index contributed by atoms with van der Waals surface area (Å²) >= 11 is 3.53. The molecule has 0 spiro atoms. The zero-order chi connectivity index (χ0) is 7.70. The number of hydroxylamine groups is 1. The standard InChI is InChI=1S/C4H8N2O.CH4S.Y/c1-2-4(3-5)6-7;1-2;/h4,6-7H,2H2,1H3;2H,1H3;. The zero-order valence-corrected chi connectivity index (χ0v) is 9.94. The number of rotatable bonds is 2. The van der Waals surface area contributed by atoms with Gasteiger partial charge >= 0.3 is 0 Å². The van der Waals surface area contributed by atoms with E-state index in [9.17, 15) is 0 Å². The summed E-state index contributed by atoms with van der Waals surface area (Å²) in [5, 5.41) is 16.1. The van der Waals surface area contributed by atoms with Crippen molar-refractivity contribution in [3.05, 3.63) is 0 Å². The Bertz CT molecular complexity index is 82.2. The van der Waals surface area contributed by atoms with Gasteiger partial charge in [0.25, 0.3) is 0 Å². The molecule has 0 heterocycles. The van der Waals surface area contributed by atoms with Crippen molar-refractivity contribution in [3.8, 4) is 6.07 Å². The molecule has 0 saturated carbocycles. The molecule has 3 nitrogen and oxygen atoms in total. The SMILES string of the molecule is CCC(C#N)NO.CS.[Y]. The fourth-order valence-corrected chi connectivity index (χ4v) is 0.211. The molecule has 0 aromatic rings. The van der Waals surface area contributed by atoms with Crippen LogP contribution < -0.4 is 5.48 Å². The maximum Gasteiger partial charge on any atom is 0.118 e. The van der Waals surface area contributed by atoms with E-state index >= 15 is 0 Å². The topological polar surface area (TPSA) is 56.0 Å². The molecule has 0 aromatic heterocycles. The Morgan fingerprint density at radius 3 is 2.10 bits per heavy atom. The quantitative estimate of drug-likeness (QED) is 0.492. The monoisotopic (exact) mass is 237 g/mol. The van der Waals surface area contributed by atoms with Crippen molar-refractivity contribution in [3.63, 3.8) is 0 Å². The molecule has 0 aliphatic rings. The molecule has 1 radical (unpaired) electrons. The van der Waals surface area contributed by atoms with E-state index < -0.39 is 6.04 Å². The Balaban J connectivity index is -0.000000149. The van der Waals surface area contributed by atoms with Crippen molar-refractivity contribution in [2.45, 2.75) is 19.4 Å². The molecule has 0 amide bonds. The molecule has 0 aliphatic carbocycles. The summed E-state index contributed by atoms with van der Waals surface area (Å²) in [5.41, 5.74) is 1.84. The van der Waals surface area contributed by atoms with Crippen LogP contribution in [0.5, 0.6) is 0 Å². The van der Waals surface area contributed by atoms with Gasteiger partial charge in [0.05, 0.1) is 6.07 Å². The van der Waals surface area contributed by atoms with E-state index in [4.69, 9.17) is 10.5 Å². The number of thiol groups is 1. The second-order valence-electron chi connectivity index (χ2n) is 1.22. The first-order valence-electron chi connectivity index (χ1n) is 2.59. The predicted octanol–water partition coefficient (Wildman–Crippen LogP) is 0.811. The van der Waals surface area contributed by atoms with Gasteiger partial charge in [0.2, 0.25) is 0 Å². The summed E-state index contributed by atoms with van der Waals surface area (Å²) in [6.45, 7) is 1.82. The van der Waals surface area contributed by atoms with Gasteiger partial charge in [-0.25, -0.2) is 0 Å². The Kier molecular flexibility index (Phi) is 28.1. The fourth-order valence-electron chi connectivity index (χ4n) is 0.211. The van der Waals surface area contributed by atoms with Crippen molar-refractivity contribution >= 4 is 12.6 Å². The van der Waals surface area contributed by atoms with Crippen LogP contribution >= 0.6 is 12.6 Å². The Morgan fingerprint density at radius 1 is 1.70 bits per heavy atom. The average molecular weight is 237 g/mol. The molecule has 57 valence electrons. The maximum atomic E-state index is 8.05. The van der Waals surface area contributed by atoms with E-state index in [1.165, 1.54) is 0 Å². The van der Waals surface area contributed by atoms with Crippen LogP contribution in [-0.2, 0) is 32.7 Å². The van der Waals surface area contributed by atoms with E-state index in [0.717, 1.165) is 0 Å². The van der Waals surface area contributed by atoms with Gasteiger partial charge in [-0.1, -0.05) is 6.92 Å². The van der Waals surface area contributed by atoms with Gasteiger partial charge in [-0.3, -0.25) is 0 Å². The molecule has 0 saturated heterocycles. The third-order valence-corrected chi connectivity index (χ3v) is 0.720. The molecule has 2 N–H and O–H groups in total. The minimum atomic E-state index is -0.403. The molecule has 0 aliphatic heterocycles. The van der Waals surface area contributed by atoms with E-state index in [2.05, 4.69) is 12.6 Å². The number of hydrogen-bond acceptors (Lipinski definition) is 4. The Labute approximate surface area is 92.4 Å². The first-order chi connectivity index (χ1) is 4.35. The molecule has 10 heavy (non-hydrogen) atoms. The largest absolute Gasteiger partial charge is 0.316 e. The molecule has 0 bridgehead atoms. The summed E-state index contributed by atoms with van der Waals surface area (Å²) in [7, 11) is 0. The third kappa shape index (κ3) is 11.6. The third-order valence-electron chi connectivity index (χ3n) is 0.720. The Morgan fingerprint density at radius 2 is 2.10 bits per heavy atom. The Hall–Kier alpha value is 0.864. The van der Waals surface area contributed by atoms with Gasteiger partial charge in [0.1, 0.15) is 6.04 Å². The molecule has 0 aromatic carbocycles. The van der Waals surface area contributed by atoms with Crippen LogP contribution in [0.4, 0.5) is 0 Å². The second kappa shape index (κ2) is 16.4. The number of hydrogen-bond donors (Lipinski definition) is 3. The van der Waals surface area contributed by atoms with Crippen LogP contribution in [0.1, 0.15) is 13.3 Å². The van der Waals surface area contributed by atoms with Crippen molar-refractivity contribution < 1.29 is 37.9 Å². The van der Waals surface area contributed by atoms with E-state index in [1.54, 1.807) is 6.26 Å². The van der Waals surface area contributed by atoms with Crippen molar-refractivity contribution in [1.82, 2.24) is 5.48 Å². The van der Waals surface area contributed by atoms with Crippen LogP contribution in [0.2, 0.25) is 0 Å². The summed E-state index contributed by atoms with van der Waals surface area (Å²) in [6, 6.07) is 1.44. The van der Waals surface area contributed by atoms with Crippen molar-refractivity contribution in [1.29, 1.82) is 5.26 Å². The number of nitrogens with zero attached hydrogens (tertiary/aromatic N) is 1. The first-order valence-corrected chi connectivity index (χ1v) is 3.48. The molecular formula is C5H12N2OSY. The molecule has 5 heteroatoms. The molecule has 1 unspecified atom stereocenters. The van der Waals surface area contributed by atoms with Gasteiger partial charge in [-0.15, -0.1) is 0 Å². The van der Waals surface area contributed by atoms with E-state index in [0.29, 0.717) is 6.42 Å². The van der Waals surface area contributed by atoms with Crippen LogP contribution in [0.3, 0.4) is 0 Å². The smallest absolute Gasteiger partial charge is 0.118 e. The molecular weight excluding hydrogens is 225 g/mol. The van der Waals surface area contributed by atoms with Gasteiger partial charge in [-0.2, -0.15) is 23.4 Å².